The van der Waals surface area contributed by atoms with Crippen molar-refractivity contribution in [3.63, 3.8) is 0 Å². The first-order valence-corrected chi connectivity index (χ1v) is 13.3. The number of halogens is 4. The van der Waals surface area contributed by atoms with Gasteiger partial charge in [-0.3, -0.25) is 9.59 Å². The highest BCUT2D eigenvalue weighted by Crippen LogP contribution is 2.29. The quantitative estimate of drug-likeness (QED) is 0.341. The van der Waals surface area contributed by atoms with Crippen molar-refractivity contribution < 1.29 is 14.3 Å². The molecule has 1 fully saturated rings. The van der Waals surface area contributed by atoms with Crippen LogP contribution in [0.25, 0.3) is 0 Å². The second kappa shape index (κ2) is 13.0. The molecule has 5 nitrogen and oxygen atoms in total. The Morgan fingerprint density at radius 2 is 1.79 bits per heavy atom. The number of rotatable bonds is 9. The van der Waals surface area contributed by atoms with E-state index in [0.717, 1.165) is 25.7 Å². The molecule has 3 rings (SSSR count). The van der Waals surface area contributed by atoms with Gasteiger partial charge in [0.25, 0.3) is 5.91 Å². The van der Waals surface area contributed by atoms with Crippen LogP contribution in [0.1, 0.15) is 51.0 Å². The molecule has 2 aromatic carbocycles. The van der Waals surface area contributed by atoms with E-state index in [2.05, 4.69) is 21.2 Å². The van der Waals surface area contributed by atoms with E-state index in [-0.39, 0.29) is 31.0 Å². The van der Waals surface area contributed by atoms with Crippen LogP contribution in [-0.2, 0) is 16.1 Å². The fraction of sp³-hybridized carbons (Fsp3) is 0.440. The Hall–Kier alpha value is -1.47. The van der Waals surface area contributed by atoms with Crippen molar-refractivity contribution in [3.05, 3.63) is 61.5 Å². The van der Waals surface area contributed by atoms with Crippen LogP contribution >= 0.6 is 50.7 Å². The maximum absolute atomic E-state index is 13.4. The lowest BCUT2D eigenvalue weighted by atomic mass is 9.95. The first kappa shape index (κ1) is 27.1. The zero-order chi connectivity index (χ0) is 24.7. The average molecular weight is 591 g/mol. The van der Waals surface area contributed by atoms with Gasteiger partial charge < -0.3 is 15.0 Å². The second-order valence-corrected chi connectivity index (χ2v) is 10.5. The highest BCUT2D eigenvalue weighted by molar-refractivity contribution is 9.10. The minimum atomic E-state index is -0.681. The summed E-state index contributed by atoms with van der Waals surface area (Å²) in [5.41, 5.74) is 0.593. The Morgan fingerprint density at radius 1 is 1.12 bits per heavy atom. The summed E-state index contributed by atoms with van der Waals surface area (Å²) in [5, 5.41) is 4.57. The summed E-state index contributed by atoms with van der Waals surface area (Å²) >= 11 is 22.2. The molecule has 184 valence electrons. The van der Waals surface area contributed by atoms with E-state index in [1.54, 1.807) is 36.4 Å². The van der Waals surface area contributed by atoms with E-state index >= 15 is 0 Å². The van der Waals surface area contributed by atoms with Gasteiger partial charge in [-0.05, 0) is 65.5 Å². The van der Waals surface area contributed by atoms with Crippen LogP contribution in [0.5, 0.6) is 5.75 Å². The Kier molecular flexibility index (Phi) is 10.4. The average Bonchev–Trinajstić information content (AvgIpc) is 2.80. The zero-order valence-electron chi connectivity index (χ0n) is 19.0. The zero-order valence-corrected chi connectivity index (χ0v) is 22.8. The van der Waals surface area contributed by atoms with Crippen LogP contribution in [0, 0.1) is 0 Å². The van der Waals surface area contributed by atoms with Crippen molar-refractivity contribution in [2.24, 2.45) is 0 Å². The molecule has 0 aliphatic heterocycles. The SMILES string of the molecule is CC[C@H](C(=O)NC1CCCCC1)N(Cc1c(Cl)cccc1Cl)C(=O)COc1ccc(Cl)cc1Br. The van der Waals surface area contributed by atoms with Crippen LogP contribution in [0.2, 0.25) is 15.1 Å². The van der Waals surface area contributed by atoms with Crippen molar-refractivity contribution >= 4 is 62.5 Å². The van der Waals surface area contributed by atoms with Crippen LogP contribution in [0.4, 0.5) is 0 Å². The van der Waals surface area contributed by atoms with Gasteiger partial charge in [0.15, 0.2) is 6.61 Å². The minimum Gasteiger partial charge on any atom is -0.483 e. The molecule has 0 heterocycles. The van der Waals surface area contributed by atoms with Gasteiger partial charge in [0.2, 0.25) is 5.91 Å². The predicted octanol–water partition coefficient (Wildman–Crippen LogP) is 7.04. The summed E-state index contributed by atoms with van der Waals surface area (Å²) in [4.78, 5) is 28.2. The molecule has 9 heteroatoms. The number of hydrogen-bond acceptors (Lipinski definition) is 3. The van der Waals surface area contributed by atoms with Crippen LogP contribution in [-0.4, -0.2) is 35.4 Å². The lowest BCUT2D eigenvalue weighted by Gasteiger charge is -2.33. The van der Waals surface area contributed by atoms with Crippen molar-refractivity contribution in [3.8, 4) is 5.75 Å². The molecule has 1 atom stereocenters. The van der Waals surface area contributed by atoms with E-state index in [1.807, 2.05) is 6.92 Å². The molecule has 2 aromatic rings. The van der Waals surface area contributed by atoms with Crippen LogP contribution in [0.15, 0.2) is 40.9 Å². The lowest BCUT2D eigenvalue weighted by molar-refractivity contribution is -0.143. The molecular formula is C25H28BrCl3N2O3. The summed E-state index contributed by atoms with van der Waals surface area (Å²) in [5.74, 6) is -0.0322. The number of hydrogen-bond donors (Lipinski definition) is 1. The molecule has 1 saturated carbocycles. The Morgan fingerprint density at radius 3 is 2.41 bits per heavy atom. The van der Waals surface area contributed by atoms with Gasteiger partial charge >= 0.3 is 0 Å². The maximum atomic E-state index is 13.4. The van der Waals surface area contributed by atoms with Crippen molar-refractivity contribution in [2.45, 2.75) is 64.1 Å². The molecule has 0 bridgehead atoms. The molecule has 0 saturated heterocycles. The third-order valence-corrected chi connectivity index (χ3v) is 7.54. The number of amides is 2. The smallest absolute Gasteiger partial charge is 0.261 e. The minimum absolute atomic E-state index is 0.0963. The van der Waals surface area contributed by atoms with Gasteiger partial charge in [0.05, 0.1) is 4.47 Å². The van der Waals surface area contributed by atoms with Crippen molar-refractivity contribution in [1.82, 2.24) is 10.2 Å². The van der Waals surface area contributed by atoms with E-state index in [0.29, 0.717) is 37.3 Å². The normalized spacial score (nSPS) is 15.0. The summed E-state index contributed by atoms with van der Waals surface area (Å²) < 4.78 is 6.40. The molecule has 34 heavy (non-hydrogen) atoms. The van der Waals surface area contributed by atoms with Gasteiger partial charge in [-0.2, -0.15) is 0 Å². The monoisotopic (exact) mass is 588 g/mol. The van der Waals surface area contributed by atoms with Crippen molar-refractivity contribution in [2.75, 3.05) is 6.61 Å². The molecule has 1 aliphatic carbocycles. The molecule has 0 aromatic heterocycles. The van der Waals surface area contributed by atoms with Crippen LogP contribution < -0.4 is 10.1 Å². The van der Waals surface area contributed by atoms with Gasteiger partial charge in [-0.15, -0.1) is 0 Å². The predicted molar refractivity (Wildman–Crippen MR) is 141 cm³/mol. The fourth-order valence-electron chi connectivity index (χ4n) is 4.13. The Bertz CT molecular complexity index is 995. The summed E-state index contributed by atoms with van der Waals surface area (Å²) in [6.07, 6.45) is 5.75. The molecule has 0 radical (unpaired) electrons. The van der Waals surface area contributed by atoms with Gasteiger partial charge in [0.1, 0.15) is 11.8 Å². The van der Waals surface area contributed by atoms with E-state index in [9.17, 15) is 9.59 Å². The Balaban J connectivity index is 1.82. The summed E-state index contributed by atoms with van der Waals surface area (Å²) in [6, 6.07) is 9.69. The molecule has 0 unspecified atom stereocenters. The number of nitrogens with one attached hydrogen (secondary N) is 1. The first-order chi connectivity index (χ1) is 16.3. The largest absolute Gasteiger partial charge is 0.483 e. The standard InChI is InChI=1S/C25H28BrCl3N2O3/c1-2-22(25(33)30-17-7-4-3-5-8-17)31(14-18-20(28)9-6-10-21(18)29)24(32)15-34-23-12-11-16(27)13-19(23)26/h6,9-13,17,22H,2-5,7-8,14-15H2,1H3,(H,30,33)/t22-/m1/s1. The van der Waals surface area contributed by atoms with Gasteiger partial charge in [-0.1, -0.05) is 67.1 Å². The maximum Gasteiger partial charge on any atom is 0.261 e. The summed E-state index contributed by atoms with van der Waals surface area (Å²) in [6.45, 7) is 1.73. The molecule has 1 aliphatic rings. The highest BCUT2D eigenvalue weighted by Gasteiger charge is 2.31. The van der Waals surface area contributed by atoms with E-state index in [1.165, 1.54) is 11.3 Å². The molecular weight excluding hydrogens is 563 g/mol. The first-order valence-electron chi connectivity index (χ1n) is 11.4. The number of nitrogens with zero attached hydrogens (tertiary/aromatic N) is 1. The third-order valence-electron chi connectivity index (χ3n) is 5.97. The Labute approximate surface area is 224 Å². The van der Waals surface area contributed by atoms with E-state index in [4.69, 9.17) is 39.5 Å². The van der Waals surface area contributed by atoms with Gasteiger partial charge in [0, 0.05) is 33.2 Å². The van der Waals surface area contributed by atoms with Gasteiger partial charge in [-0.25, -0.2) is 0 Å². The molecule has 0 spiro atoms. The number of carbonyl (C=O) groups is 2. The lowest BCUT2D eigenvalue weighted by Crippen LogP contribution is -2.52. The highest BCUT2D eigenvalue weighted by atomic mass is 79.9. The van der Waals surface area contributed by atoms with Crippen LogP contribution in [0.3, 0.4) is 0 Å². The molecule has 1 N–H and O–H groups in total. The second-order valence-electron chi connectivity index (χ2n) is 8.35. The van der Waals surface area contributed by atoms with E-state index < -0.39 is 6.04 Å². The number of ether oxygens (including phenoxy) is 1. The summed E-state index contributed by atoms with van der Waals surface area (Å²) in [7, 11) is 0. The topological polar surface area (TPSA) is 58.6 Å². The number of carbonyl (C=O) groups excluding carboxylic acids is 2. The van der Waals surface area contributed by atoms with Crippen molar-refractivity contribution in [1.29, 1.82) is 0 Å². The number of benzene rings is 2. The third kappa shape index (κ3) is 7.27. The fourth-order valence-corrected chi connectivity index (χ4v) is 5.45. The molecule has 2 amide bonds.